The Bertz CT molecular complexity index is 627. The van der Waals surface area contributed by atoms with Crippen molar-refractivity contribution in [3.05, 3.63) is 34.9 Å². The van der Waals surface area contributed by atoms with Crippen LogP contribution in [0.1, 0.15) is 29.5 Å². The Balaban J connectivity index is 2.07. The Morgan fingerprint density at radius 1 is 1.35 bits per heavy atom. The SMILES string of the molecule is COC(=O)[C@H](Cc1ccc(C)c(C)c1)NC(=O)[C@H]1CCC(=O)N1. The molecule has 1 aromatic carbocycles. The van der Waals surface area contributed by atoms with Crippen molar-refractivity contribution in [2.75, 3.05) is 7.11 Å². The number of methoxy groups -OCH3 is 1. The molecule has 2 rings (SSSR count). The quantitative estimate of drug-likeness (QED) is 0.786. The summed E-state index contributed by atoms with van der Waals surface area (Å²) in [4.78, 5) is 35.4. The van der Waals surface area contributed by atoms with Crippen LogP contribution in [0.3, 0.4) is 0 Å². The van der Waals surface area contributed by atoms with Gasteiger partial charge in [-0.15, -0.1) is 0 Å². The first-order valence-electron chi connectivity index (χ1n) is 7.64. The molecule has 0 saturated carbocycles. The molecule has 1 aliphatic rings. The number of hydrogen-bond donors (Lipinski definition) is 2. The van der Waals surface area contributed by atoms with Gasteiger partial charge >= 0.3 is 5.97 Å². The van der Waals surface area contributed by atoms with Crippen LogP contribution in [-0.2, 0) is 25.5 Å². The number of aryl methyl sites for hydroxylation is 2. The normalized spacial score (nSPS) is 18.2. The van der Waals surface area contributed by atoms with Crippen molar-refractivity contribution in [2.24, 2.45) is 0 Å². The molecule has 1 heterocycles. The number of carbonyl (C=O) groups is 3. The first-order valence-corrected chi connectivity index (χ1v) is 7.64. The van der Waals surface area contributed by atoms with Crippen LogP contribution in [-0.4, -0.2) is 37.0 Å². The fourth-order valence-electron chi connectivity index (χ4n) is 2.58. The largest absolute Gasteiger partial charge is 0.467 e. The third-order valence-electron chi connectivity index (χ3n) is 4.13. The predicted octanol–water partition coefficient (Wildman–Crippen LogP) is 0.782. The smallest absolute Gasteiger partial charge is 0.328 e. The van der Waals surface area contributed by atoms with E-state index in [-0.39, 0.29) is 11.8 Å². The summed E-state index contributed by atoms with van der Waals surface area (Å²) in [7, 11) is 1.29. The first kappa shape index (κ1) is 17.0. The van der Waals surface area contributed by atoms with Gasteiger partial charge in [-0.2, -0.15) is 0 Å². The molecule has 1 saturated heterocycles. The van der Waals surface area contributed by atoms with E-state index in [2.05, 4.69) is 10.6 Å². The highest BCUT2D eigenvalue weighted by atomic mass is 16.5. The Morgan fingerprint density at radius 3 is 2.65 bits per heavy atom. The molecule has 0 radical (unpaired) electrons. The lowest BCUT2D eigenvalue weighted by Gasteiger charge is -2.19. The number of carbonyl (C=O) groups excluding carboxylic acids is 3. The minimum Gasteiger partial charge on any atom is -0.467 e. The second-order valence-corrected chi connectivity index (χ2v) is 5.87. The number of esters is 1. The number of benzene rings is 1. The lowest BCUT2D eigenvalue weighted by Crippen LogP contribution is -2.50. The number of amides is 2. The Morgan fingerprint density at radius 2 is 2.09 bits per heavy atom. The highest BCUT2D eigenvalue weighted by molar-refractivity contribution is 5.93. The van der Waals surface area contributed by atoms with Crippen LogP contribution in [0.25, 0.3) is 0 Å². The van der Waals surface area contributed by atoms with Gasteiger partial charge in [-0.25, -0.2) is 4.79 Å². The topological polar surface area (TPSA) is 84.5 Å². The minimum atomic E-state index is -0.771. The molecule has 6 nitrogen and oxygen atoms in total. The zero-order valence-corrected chi connectivity index (χ0v) is 13.6. The molecule has 2 amide bonds. The molecule has 0 bridgehead atoms. The second-order valence-electron chi connectivity index (χ2n) is 5.87. The molecular weight excluding hydrogens is 296 g/mol. The molecular formula is C17H22N2O4. The van der Waals surface area contributed by atoms with Crippen molar-refractivity contribution in [1.82, 2.24) is 10.6 Å². The van der Waals surface area contributed by atoms with Gasteiger partial charge in [0, 0.05) is 12.8 Å². The maximum Gasteiger partial charge on any atom is 0.328 e. The van der Waals surface area contributed by atoms with E-state index in [0.29, 0.717) is 19.3 Å². The van der Waals surface area contributed by atoms with Gasteiger partial charge in [0.2, 0.25) is 11.8 Å². The summed E-state index contributed by atoms with van der Waals surface area (Å²) >= 11 is 0. The second kappa shape index (κ2) is 7.26. The highest BCUT2D eigenvalue weighted by Crippen LogP contribution is 2.13. The zero-order valence-electron chi connectivity index (χ0n) is 13.6. The standard InChI is InChI=1S/C17H22N2O4/c1-10-4-5-12(8-11(10)2)9-14(17(22)23-3)19-16(21)13-6-7-15(20)18-13/h4-5,8,13-14H,6-7,9H2,1-3H3,(H,18,20)(H,19,21)/t13-,14+/m1/s1. The third-order valence-corrected chi connectivity index (χ3v) is 4.13. The summed E-state index contributed by atoms with van der Waals surface area (Å²) in [6.07, 6.45) is 1.13. The van der Waals surface area contributed by atoms with Crippen LogP contribution >= 0.6 is 0 Å². The van der Waals surface area contributed by atoms with E-state index in [4.69, 9.17) is 4.74 Å². The minimum absolute atomic E-state index is 0.145. The average molecular weight is 318 g/mol. The zero-order chi connectivity index (χ0) is 17.0. The van der Waals surface area contributed by atoms with E-state index < -0.39 is 18.1 Å². The summed E-state index contributed by atoms with van der Waals surface area (Å²) < 4.78 is 4.78. The van der Waals surface area contributed by atoms with Gasteiger partial charge in [0.1, 0.15) is 12.1 Å². The van der Waals surface area contributed by atoms with Crippen molar-refractivity contribution in [3.63, 3.8) is 0 Å². The Kier molecular flexibility index (Phi) is 5.36. The molecule has 1 aliphatic heterocycles. The van der Waals surface area contributed by atoms with Crippen molar-refractivity contribution in [3.8, 4) is 0 Å². The summed E-state index contributed by atoms with van der Waals surface area (Å²) in [6, 6.07) is 4.57. The maximum atomic E-state index is 12.2. The van der Waals surface area contributed by atoms with Crippen LogP contribution in [0.15, 0.2) is 18.2 Å². The Labute approximate surface area is 135 Å². The summed E-state index contributed by atoms with van der Waals surface area (Å²) in [5.74, 6) is -0.995. The van der Waals surface area contributed by atoms with E-state index >= 15 is 0 Å². The maximum absolute atomic E-state index is 12.2. The van der Waals surface area contributed by atoms with Crippen molar-refractivity contribution < 1.29 is 19.1 Å². The Hall–Kier alpha value is -2.37. The van der Waals surface area contributed by atoms with Gasteiger partial charge < -0.3 is 15.4 Å². The van der Waals surface area contributed by atoms with Gasteiger partial charge in [0.05, 0.1) is 7.11 Å². The van der Waals surface area contributed by atoms with Crippen molar-refractivity contribution in [1.29, 1.82) is 0 Å². The fourth-order valence-corrected chi connectivity index (χ4v) is 2.58. The van der Waals surface area contributed by atoms with Gasteiger partial charge in [0.15, 0.2) is 0 Å². The van der Waals surface area contributed by atoms with Gasteiger partial charge in [0.25, 0.3) is 0 Å². The summed E-state index contributed by atoms with van der Waals surface area (Å²) in [6.45, 7) is 4.01. The van der Waals surface area contributed by atoms with Crippen LogP contribution in [0.2, 0.25) is 0 Å². The van der Waals surface area contributed by atoms with E-state index in [1.807, 2.05) is 32.0 Å². The number of ether oxygens (including phenoxy) is 1. The molecule has 23 heavy (non-hydrogen) atoms. The summed E-state index contributed by atoms with van der Waals surface area (Å²) in [5, 5.41) is 5.28. The van der Waals surface area contributed by atoms with E-state index in [1.54, 1.807) is 0 Å². The predicted molar refractivity (Wildman–Crippen MR) is 84.7 cm³/mol. The van der Waals surface area contributed by atoms with Gasteiger partial charge in [-0.3, -0.25) is 9.59 Å². The van der Waals surface area contributed by atoms with Crippen LogP contribution in [0.5, 0.6) is 0 Å². The molecule has 1 fully saturated rings. The molecule has 0 unspecified atom stereocenters. The lowest BCUT2D eigenvalue weighted by atomic mass is 10.0. The molecule has 6 heteroatoms. The van der Waals surface area contributed by atoms with Gasteiger partial charge in [-0.05, 0) is 37.0 Å². The molecule has 0 aromatic heterocycles. The average Bonchev–Trinajstić information content (AvgIpc) is 2.96. The molecule has 124 valence electrons. The lowest BCUT2D eigenvalue weighted by molar-refractivity contribution is -0.145. The number of nitrogens with one attached hydrogen (secondary N) is 2. The van der Waals surface area contributed by atoms with E-state index in [9.17, 15) is 14.4 Å². The molecule has 1 aromatic rings. The first-order chi connectivity index (χ1) is 10.9. The van der Waals surface area contributed by atoms with Crippen LogP contribution in [0.4, 0.5) is 0 Å². The van der Waals surface area contributed by atoms with Gasteiger partial charge in [-0.1, -0.05) is 18.2 Å². The fraction of sp³-hybridized carbons (Fsp3) is 0.471. The van der Waals surface area contributed by atoms with Crippen molar-refractivity contribution in [2.45, 2.75) is 45.2 Å². The molecule has 2 N–H and O–H groups in total. The van der Waals surface area contributed by atoms with E-state index in [1.165, 1.54) is 12.7 Å². The van der Waals surface area contributed by atoms with Crippen LogP contribution in [0, 0.1) is 13.8 Å². The number of hydrogen-bond acceptors (Lipinski definition) is 4. The number of rotatable bonds is 5. The van der Waals surface area contributed by atoms with Crippen LogP contribution < -0.4 is 10.6 Å². The highest BCUT2D eigenvalue weighted by Gasteiger charge is 2.30. The summed E-state index contributed by atoms with van der Waals surface area (Å²) in [5.41, 5.74) is 3.24. The van der Waals surface area contributed by atoms with E-state index in [0.717, 1.165) is 11.1 Å². The molecule has 0 aliphatic carbocycles. The molecule has 2 atom stereocenters. The van der Waals surface area contributed by atoms with Crippen molar-refractivity contribution >= 4 is 17.8 Å². The molecule has 0 spiro atoms. The third kappa shape index (κ3) is 4.31. The monoisotopic (exact) mass is 318 g/mol.